The molecule has 0 saturated carbocycles. The molecule has 0 aliphatic carbocycles. The second-order valence-electron chi connectivity index (χ2n) is 16.7. The van der Waals surface area contributed by atoms with Crippen LogP contribution in [0.3, 0.4) is 0 Å². The summed E-state index contributed by atoms with van der Waals surface area (Å²) in [6.45, 7) is 0. The van der Waals surface area contributed by atoms with Crippen molar-refractivity contribution in [3.8, 4) is 56.8 Å². The topological polar surface area (TPSA) is 72.9 Å². The van der Waals surface area contributed by atoms with Crippen molar-refractivity contribution >= 4 is 72.0 Å². The van der Waals surface area contributed by atoms with Crippen molar-refractivity contribution in [3.05, 3.63) is 212 Å². The van der Waals surface area contributed by atoms with E-state index < -0.39 is 0 Å². The van der Waals surface area contributed by atoms with Crippen LogP contribution in [0, 0.1) is 0 Å². The fourth-order valence-corrected chi connectivity index (χ4v) is 9.90. The van der Waals surface area contributed by atoms with E-state index in [1.807, 2.05) is 78.9 Å². The summed E-state index contributed by atoms with van der Waals surface area (Å²) in [6.07, 6.45) is 0. The third-order valence-corrected chi connectivity index (χ3v) is 12.9. The van der Waals surface area contributed by atoms with Gasteiger partial charge in [-0.2, -0.15) is 0 Å². The van der Waals surface area contributed by atoms with Crippen LogP contribution in [0.5, 0.6) is 11.5 Å². The van der Waals surface area contributed by atoms with Gasteiger partial charge in [0.25, 0.3) is 0 Å². The molecule has 308 valence electrons. The minimum Gasteiger partial charge on any atom is -0.453 e. The van der Waals surface area contributed by atoms with Crippen molar-refractivity contribution in [2.24, 2.45) is 0 Å². The van der Waals surface area contributed by atoms with Crippen LogP contribution in [0.15, 0.2) is 212 Å². The lowest BCUT2D eigenvalue weighted by atomic mass is 10.0. The van der Waals surface area contributed by atoms with Crippen LogP contribution in [0.1, 0.15) is 0 Å². The number of rotatable bonds is 5. The molecule has 0 fully saturated rings. The van der Waals surface area contributed by atoms with Crippen LogP contribution in [0.25, 0.3) is 100 Å². The third kappa shape index (κ3) is 5.52. The van der Waals surface area contributed by atoms with Gasteiger partial charge in [-0.25, -0.2) is 19.9 Å². The molecule has 9 aromatic carbocycles. The van der Waals surface area contributed by atoms with Gasteiger partial charge in [-0.05, 0) is 83.9 Å². The molecular formula is C58H35N7O. The zero-order valence-corrected chi connectivity index (χ0v) is 35.2. The second kappa shape index (κ2) is 14.2. The molecule has 14 rings (SSSR count). The van der Waals surface area contributed by atoms with E-state index in [0.29, 0.717) is 17.5 Å². The molecule has 0 radical (unpaired) electrons. The Hall–Kier alpha value is -9.14. The smallest absolute Gasteiger partial charge is 0.220 e. The number of imidazole rings is 1. The van der Waals surface area contributed by atoms with E-state index in [2.05, 4.69) is 147 Å². The predicted octanol–water partition coefficient (Wildman–Crippen LogP) is 14.6. The summed E-state index contributed by atoms with van der Waals surface area (Å²) in [5.41, 5.74) is 13.0. The Labute approximate surface area is 377 Å². The highest BCUT2D eigenvalue weighted by Gasteiger charge is 2.27. The number of hydrogen-bond acceptors (Lipinski definition) is 6. The molecule has 1 aliphatic rings. The number of nitrogens with zero attached hydrogens (tertiary/aromatic N) is 7. The molecule has 4 aromatic heterocycles. The first kappa shape index (κ1) is 36.4. The number of ether oxygens (including phenoxy) is 1. The van der Waals surface area contributed by atoms with Gasteiger partial charge in [0.15, 0.2) is 29.0 Å². The van der Waals surface area contributed by atoms with Crippen LogP contribution in [0.2, 0.25) is 0 Å². The van der Waals surface area contributed by atoms with E-state index in [0.717, 1.165) is 111 Å². The molecule has 0 amide bonds. The number of fused-ring (bicyclic) bond motifs is 12. The maximum absolute atomic E-state index is 6.61. The Balaban J connectivity index is 0.986. The highest BCUT2D eigenvalue weighted by atomic mass is 16.5. The number of anilines is 3. The van der Waals surface area contributed by atoms with E-state index in [1.54, 1.807) is 0 Å². The first-order valence-electron chi connectivity index (χ1n) is 22.1. The van der Waals surface area contributed by atoms with Crippen LogP contribution in [-0.4, -0.2) is 28.7 Å². The lowest BCUT2D eigenvalue weighted by Crippen LogP contribution is -2.15. The second-order valence-corrected chi connectivity index (χ2v) is 16.7. The van der Waals surface area contributed by atoms with Gasteiger partial charge in [-0.3, -0.25) is 8.80 Å². The predicted molar refractivity (Wildman–Crippen MR) is 266 cm³/mol. The minimum atomic E-state index is 0.611. The average molecular weight is 846 g/mol. The van der Waals surface area contributed by atoms with Gasteiger partial charge >= 0.3 is 0 Å². The van der Waals surface area contributed by atoms with Gasteiger partial charge in [0.1, 0.15) is 0 Å². The summed E-state index contributed by atoms with van der Waals surface area (Å²) < 4.78 is 11.3. The molecule has 66 heavy (non-hydrogen) atoms. The van der Waals surface area contributed by atoms with Crippen molar-refractivity contribution in [1.82, 2.24) is 28.7 Å². The summed E-state index contributed by atoms with van der Waals surface area (Å²) in [5.74, 6) is 4.31. The standard InChI is InChI=1S/C58H35N7O/c1-4-16-36(17-5-1)55-60-56(37-18-6-2-7-19-37)62-57(61-55)40-32-44-42-22-10-12-24-47(42)64-49-30-28-38(34-46(49)59-58(64)65-48-25-13-11-23-43(48)45(33-40)54(44)65)39-29-31-51-53(35-39)66-52-27-15-14-26-50(52)63(51)41-20-8-3-9-21-41/h1-35H. The maximum Gasteiger partial charge on any atom is 0.220 e. The van der Waals surface area contributed by atoms with Crippen LogP contribution >= 0.6 is 0 Å². The normalized spacial score (nSPS) is 12.3. The Kier molecular flexibility index (Phi) is 7.81. The molecule has 0 N–H and O–H groups in total. The van der Waals surface area contributed by atoms with Gasteiger partial charge in [0.2, 0.25) is 5.78 Å². The SMILES string of the molecule is c1ccc(-c2nc(-c3ccccc3)nc(-c3cc4c5ccccc5n5c6ccc(-c7ccc8c(c7)Oc7ccccc7N8c7ccccc7)cc6nc5n5c6ccccc6c(c3)c45)n2)cc1. The summed E-state index contributed by atoms with van der Waals surface area (Å²) in [6, 6.07) is 73.7. The Bertz CT molecular complexity index is 4030. The molecule has 5 heterocycles. The Morgan fingerprint density at radius 1 is 0.333 bits per heavy atom. The highest BCUT2D eigenvalue weighted by molar-refractivity contribution is 6.21. The number of aromatic nitrogens is 6. The van der Waals surface area contributed by atoms with Gasteiger partial charge < -0.3 is 9.64 Å². The number of hydrogen-bond donors (Lipinski definition) is 0. The van der Waals surface area contributed by atoms with Crippen LogP contribution in [-0.2, 0) is 0 Å². The lowest BCUT2D eigenvalue weighted by molar-refractivity contribution is 0.477. The fourth-order valence-electron chi connectivity index (χ4n) is 9.90. The largest absolute Gasteiger partial charge is 0.453 e. The Morgan fingerprint density at radius 2 is 0.864 bits per heavy atom. The Morgan fingerprint density at radius 3 is 1.55 bits per heavy atom. The minimum absolute atomic E-state index is 0.611. The molecule has 0 unspecified atom stereocenters. The summed E-state index contributed by atoms with van der Waals surface area (Å²) in [7, 11) is 0. The van der Waals surface area contributed by atoms with Crippen molar-refractivity contribution in [2.75, 3.05) is 4.90 Å². The van der Waals surface area contributed by atoms with E-state index in [9.17, 15) is 0 Å². The van der Waals surface area contributed by atoms with Crippen molar-refractivity contribution in [3.63, 3.8) is 0 Å². The zero-order chi connectivity index (χ0) is 43.3. The first-order valence-corrected chi connectivity index (χ1v) is 22.1. The van der Waals surface area contributed by atoms with E-state index in [4.69, 9.17) is 24.7 Å². The van der Waals surface area contributed by atoms with Crippen molar-refractivity contribution < 1.29 is 4.74 Å². The van der Waals surface area contributed by atoms with Crippen molar-refractivity contribution in [1.29, 1.82) is 0 Å². The highest BCUT2D eigenvalue weighted by Crippen LogP contribution is 2.51. The number of para-hydroxylation sites is 5. The monoisotopic (exact) mass is 845 g/mol. The van der Waals surface area contributed by atoms with E-state index >= 15 is 0 Å². The quantitative estimate of drug-likeness (QED) is 0.172. The summed E-state index contributed by atoms with van der Waals surface area (Å²) >= 11 is 0. The molecular weight excluding hydrogens is 811 g/mol. The zero-order valence-electron chi connectivity index (χ0n) is 35.2. The molecule has 0 spiro atoms. The molecule has 0 atom stereocenters. The number of benzene rings is 9. The molecule has 0 saturated heterocycles. The first-order chi connectivity index (χ1) is 32.7. The maximum atomic E-state index is 6.61. The third-order valence-electron chi connectivity index (χ3n) is 12.9. The summed E-state index contributed by atoms with van der Waals surface area (Å²) in [5, 5.41) is 4.38. The van der Waals surface area contributed by atoms with Crippen molar-refractivity contribution in [2.45, 2.75) is 0 Å². The van der Waals surface area contributed by atoms with Gasteiger partial charge in [0, 0.05) is 43.9 Å². The van der Waals surface area contributed by atoms with Gasteiger partial charge in [-0.1, -0.05) is 140 Å². The van der Waals surface area contributed by atoms with E-state index in [1.165, 1.54) is 0 Å². The molecule has 1 aliphatic heterocycles. The van der Waals surface area contributed by atoms with Gasteiger partial charge in [-0.15, -0.1) is 0 Å². The van der Waals surface area contributed by atoms with Gasteiger partial charge in [0.05, 0.1) is 39.0 Å². The van der Waals surface area contributed by atoms with E-state index in [-0.39, 0.29) is 0 Å². The molecule has 8 nitrogen and oxygen atoms in total. The molecule has 0 bridgehead atoms. The fraction of sp³-hybridized carbons (Fsp3) is 0. The van der Waals surface area contributed by atoms with Crippen LogP contribution in [0.4, 0.5) is 17.1 Å². The molecule has 8 heteroatoms. The molecule has 13 aromatic rings. The lowest BCUT2D eigenvalue weighted by Gasteiger charge is -2.33. The van der Waals surface area contributed by atoms with Crippen LogP contribution < -0.4 is 9.64 Å². The average Bonchev–Trinajstić information content (AvgIpc) is 3.89. The summed E-state index contributed by atoms with van der Waals surface area (Å²) in [4.78, 5) is 23.1.